The van der Waals surface area contributed by atoms with Crippen molar-refractivity contribution in [3.8, 4) is 0 Å². The molecule has 0 aliphatic rings. The fourth-order valence-corrected chi connectivity index (χ4v) is 1.32. The average Bonchev–Trinajstić information content (AvgIpc) is 2.26. The Bertz CT molecular complexity index is 287. The third kappa shape index (κ3) is 10.3. The van der Waals surface area contributed by atoms with Crippen molar-refractivity contribution in [1.82, 2.24) is 10.2 Å². The van der Waals surface area contributed by atoms with Crippen LogP contribution in [-0.2, 0) is 9.53 Å². The van der Waals surface area contributed by atoms with E-state index in [1.807, 2.05) is 0 Å². The molecule has 19 heavy (non-hydrogen) atoms. The molecular weight excluding hydrogens is 248 g/mol. The highest BCUT2D eigenvalue weighted by atomic mass is 16.6. The van der Waals surface area contributed by atoms with Gasteiger partial charge >= 0.3 is 6.09 Å². The van der Waals surface area contributed by atoms with Crippen LogP contribution in [0.3, 0.4) is 0 Å². The molecule has 112 valence electrons. The lowest BCUT2D eigenvalue weighted by atomic mass is 10.2. The molecule has 0 aromatic rings. The summed E-state index contributed by atoms with van der Waals surface area (Å²) in [6.45, 7) is 6.05. The molecule has 0 heterocycles. The van der Waals surface area contributed by atoms with Gasteiger partial charge in [-0.2, -0.15) is 0 Å². The number of carbonyl (C=O) groups excluding carboxylic acids is 2. The van der Waals surface area contributed by atoms with Crippen LogP contribution in [0.25, 0.3) is 0 Å². The highest BCUT2D eigenvalue weighted by molar-refractivity contribution is 5.82. The van der Waals surface area contributed by atoms with E-state index in [9.17, 15) is 9.59 Å². The Kier molecular flexibility index (Phi) is 8.14. The number of rotatable bonds is 7. The maximum atomic E-state index is 11.6. The second-order valence-corrected chi connectivity index (χ2v) is 5.47. The van der Waals surface area contributed by atoms with Crippen molar-refractivity contribution in [2.45, 2.75) is 45.6 Å². The van der Waals surface area contributed by atoms with Gasteiger partial charge in [0.25, 0.3) is 0 Å². The number of hydrogen-bond acceptors (Lipinski definition) is 4. The summed E-state index contributed by atoms with van der Waals surface area (Å²) in [7, 11) is 1.53. The third-order valence-corrected chi connectivity index (χ3v) is 2.24. The van der Waals surface area contributed by atoms with Gasteiger partial charge in [0.2, 0.25) is 5.91 Å². The Balaban J connectivity index is 3.83. The lowest BCUT2D eigenvalue weighted by molar-refractivity contribution is -0.122. The van der Waals surface area contributed by atoms with Crippen LogP contribution in [0.15, 0.2) is 0 Å². The van der Waals surface area contributed by atoms with Gasteiger partial charge in [0, 0.05) is 20.2 Å². The van der Waals surface area contributed by atoms with E-state index in [1.54, 1.807) is 20.8 Å². The van der Waals surface area contributed by atoms with Gasteiger partial charge in [-0.1, -0.05) is 0 Å². The molecule has 2 amide bonds. The molecule has 0 rings (SSSR count). The van der Waals surface area contributed by atoms with Crippen molar-refractivity contribution in [2.75, 3.05) is 26.7 Å². The highest BCUT2D eigenvalue weighted by Gasteiger charge is 2.20. The molecule has 2 N–H and O–H groups in total. The van der Waals surface area contributed by atoms with Gasteiger partial charge < -0.3 is 20.1 Å². The maximum Gasteiger partial charge on any atom is 0.410 e. The maximum absolute atomic E-state index is 11.6. The van der Waals surface area contributed by atoms with Gasteiger partial charge in [-0.25, -0.2) is 4.79 Å². The van der Waals surface area contributed by atoms with Gasteiger partial charge in [-0.05, 0) is 40.0 Å². The second kappa shape index (κ2) is 8.74. The molecule has 0 atom stereocenters. The smallest absolute Gasteiger partial charge is 0.410 e. The summed E-state index contributed by atoms with van der Waals surface area (Å²) in [6.07, 6.45) is 1.93. The minimum absolute atomic E-state index is 0.0189. The van der Waals surface area contributed by atoms with E-state index < -0.39 is 11.7 Å². The lowest BCUT2D eigenvalue weighted by Crippen LogP contribution is -2.41. The van der Waals surface area contributed by atoms with E-state index in [0.717, 1.165) is 19.3 Å². The number of ether oxygens (including phenoxy) is 1. The number of aliphatic hydroxyl groups excluding tert-OH is 1. The number of nitrogens with zero attached hydrogens (tertiary/aromatic N) is 1. The van der Waals surface area contributed by atoms with Crippen molar-refractivity contribution in [3.05, 3.63) is 0 Å². The summed E-state index contributed by atoms with van der Waals surface area (Å²) >= 11 is 0. The van der Waals surface area contributed by atoms with Crippen LogP contribution in [0.1, 0.15) is 40.0 Å². The predicted molar refractivity (Wildman–Crippen MR) is 72.8 cm³/mol. The highest BCUT2D eigenvalue weighted by Crippen LogP contribution is 2.08. The molecule has 0 spiro atoms. The van der Waals surface area contributed by atoms with E-state index in [1.165, 1.54) is 11.9 Å². The Labute approximate surface area is 115 Å². The fraction of sp³-hybridized carbons (Fsp3) is 0.846. The van der Waals surface area contributed by atoms with Crippen LogP contribution < -0.4 is 5.32 Å². The van der Waals surface area contributed by atoms with Gasteiger partial charge in [-0.3, -0.25) is 4.79 Å². The first-order valence-electron chi connectivity index (χ1n) is 6.58. The number of amides is 2. The Hall–Kier alpha value is -1.30. The fourth-order valence-electron chi connectivity index (χ4n) is 1.32. The monoisotopic (exact) mass is 274 g/mol. The minimum Gasteiger partial charge on any atom is -0.444 e. The third-order valence-electron chi connectivity index (χ3n) is 2.24. The summed E-state index contributed by atoms with van der Waals surface area (Å²) in [6, 6.07) is 0. The van der Waals surface area contributed by atoms with E-state index >= 15 is 0 Å². The molecule has 0 fully saturated rings. The van der Waals surface area contributed by atoms with Crippen molar-refractivity contribution >= 4 is 12.0 Å². The molecule has 0 unspecified atom stereocenters. The number of unbranched alkanes of at least 4 members (excludes halogenated alkanes) is 2. The van der Waals surface area contributed by atoms with E-state index in [0.29, 0.717) is 6.54 Å². The zero-order valence-electron chi connectivity index (χ0n) is 12.4. The van der Waals surface area contributed by atoms with Crippen LogP contribution >= 0.6 is 0 Å². The summed E-state index contributed by atoms with van der Waals surface area (Å²) in [5.74, 6) is -0.211. The number of hydrogen-bond donors (Lipinski definition) is 2. The molecule has 0 radical (unpaired) electrons. The van der Waals surface area contributed by atoms with Crippen molar-refractivity contribution < 1.29 is 19.4 Å². The number of aliphatic hydroxyl groups is 1. The van der Waals surface area contributed by atoms with Crippen LogP contribution in [0.2, 0.25) is 0 Å². The standard InChI is InChI=1S/C13H26N2O4/c1-13(2,3)19-12(18)15(4)10-11(17)14-8-6-5-7-9-16/h16H,5-10H2,1-4H3,(H,14,17). The van der Waals surface area contributed by atoms with E-state index in [-0.39, 0.29) is 19.1 Å². The molecule has 0 saturated carbocycles. The Morgan fingerprint density at radius 2 is 1.84 bits per heavy atom. The lowest BCUT2D eigenvalue weighted by Gasteiger charge is -2.24. The van der Waals surface area contributed by atoms with Gasteiger partial charge in [0.05, 0.1) is 0 Å². The van der Waals surface area contributed by atoms with Crippen LogP contribution in [0.5, 0.6) is 0 Å². The first kappa shape index (κ1) is 17.7. The molecule has 0 aromatic carbocycles. The molecule has 0 aliphatic heterocycles. The van der Waals surface area contributed by atoms with Crippen molar-refractivity contribution in [1.29, 1.82) is 0 Å². The number of likely N-dealkylation sites (N-methyl/N-ethyl adjacent to an activating group) is 1. The van der Waals surface area contributed by atoms with E-state index in [4.69, 9.17) is 9.84 Å². The normalized spacial score (nSPS) is 11.0. The molecule has 0 saturated heterocycles. The summed E-state index contributed by atoms with van der Waals surface area (Å²) in [5.41, 5.74) is -0.563. The summed E-state index contributed by atoms with van der Waals surface area (Å²) in [5, 5.41) is 11.3. The van der Waals surface area contributed by atoms with Crippen molar-refractivity contribution in [2.24, 2.45) is 0 Å². The predicted octanol–water partition coefficient (Wildman–Crippen LogP) is 1.13. The van der Waals surface area contributed by atoms with Crippen molar-refractivity contribution in [3.63, 3.8) is 0 Å². The van der Waals surface area contributed by atoms with E-state index in [2.05, 4.69) is 5.32 Å². The largest absolute Gasteiger partial charge is 0.444 e. The first-order chi connectivity index (χ1) is 8.76. The Morgan fingerprint density at radius 1 is 1.21 bits per heavy atom. The van der Waals surface area contributed by atoms with Crippen LogP contribution in [0.4, 0.5) is 4.79 Å². The Morgan fingerprint density at radius 3 is 2.37 bits per heavy atom. The molecule has 0 bridgehead atoms. The zero-order valence-corrected chi connectivity index (χ0v) is 12.4. The zero-order chi connectivity index (χ0) is 14.9. The van der Waals surface area contributed by atoms with Crippen LogP contribution in [-0.4, -0.2) is 54.4 Å². The second-order valence-electron chi connectivity index (χ2n) is 5.47. The van der Waals surface area contributed by atoms with Gasteiger partial charge in [-0.15, -0.1) is 0 Å². The topological polar surface area (TPSA) is 78.9 Å². The molecular formula is C13H26N2O4. The van der Waals surface area contributed by atoms with Gasteiger partial charge in [0.1, 0.15) is 12.1 Å². The SMILES string of the molecule is CN(CC(=O)NCCCCCO)C(=O)OC(C)(C)C. The first-order valence-corrected chi connectivity index (χ1v) is 6.58. The molecule has 6 heteroatoms. The summed E-state index contributed by atoms with van der Waals surface area (Å²) in [4.78, 5) is 24.4. The number of nitrogens with one attached hydrogen (secondary N) is 1. The molecule has 6 nitrogen and oxygen atoms in total. The molecule has 0 aliphatic carbocycles. The quantitative estimate of drug-likeness (QED) is 0.682. The van der Waals surface area contributed by atoms with Gasteiger partial charge in [0.15, 0.2) is 0 Å². The average molecular weight is 274 g/mol. The number of carbonyl (C=O) groups is 2. The minimum atomic E-state index is -0.563. The molecule has 0 aromatic heterocycles. The van der Waals surface area contributed by atoms with Crippen LogP contribution in [0, 0.1) is 0 Å². The summed E-state index contributed by atoms with van der Waals surface area (Å²) < 4.78 is 5.14.